The molecule has 1 N–H and O–H groups in total. The number of imidazole rings is 1. The molecule has 0 aliphatic carbocycles. The van der Waals surface area contributed by atoms with Crippen molar-refractivity contribution in [3.63, 3.8) is 0 Å². The number of carboxylic acid groups (broad SMARTS) is 1. The van der Waals surface area contributed by atoms with E-state index in [1.165, 1.54) is 4.90 Å². The summed E-state index contributed by atoms with van der Waals surface area (Å²) in [6.07, 6.45) is -0.0854. The summed E-state index contributed by atoms with van der Waals surface area (Å²) in [7, 11) is 3.26. The number of carbonyl (C=O) groups is 1. The van der Waals surface area contributed by atoms with Crippen molar-refractivity contribution in [3.05, 3.63) is 15.9 Å². The first-order chi connectivity index (χ1) is 7.84. The number of rotatable bonds is 5. The number of nitrogens with zero attached hydrogens (tertiary/aromatic N) is 4. The Balaban J connectivity index is 3.02. The van der Waals surface area contributed by atoms with Gasteiger partial charge in [-0.15, -0.1) is 0 Å². The number of hydrogen-bond donors (Lipinski definition) is 1. The molecular weight excluding hydrogens is 228 g/mol. The molecule has 0 amide bonds. The van der Waals surface area contributed by atoms with Crippen LogP contribution in [0.2, 0.25) is 0 Å². The van der Waals surface area contributed by atoms with E-state index < -0.39 is 10.9 Å². The van der Waals surface area contributed by atoms with Gasteiger partial charge in [-0.3, -0.25) is 9.36 Å². The molecule has 1 rings (SSSR count). The highest BCUT2D eigenvalue weighted by Gasteiger charge is 2.26. The van der Waals surface area contributed by atoms with Crippen LogP contribution in [0, 0.1) is 17.0 Å². The first-order valence-corrected chi connectivity index (χ1v) is 4.95. The fraction of sp³-hybridized carbons (Fsp3) is 0.556. The summed E-state index contributed by atoms with van der Waals surface area (Å²) in [5.74, 6) is -0.376. The predicted molar refractivity (Wildman–Crippen MR) is 60.1 cm³/mol. The van der Waals surface area contributed by atoms with Crippen molar-refractivity contribution >= 4 is 17.6 Å². The van der Waals surface area contributed by atoms with Crippen LogP contribution >= 0.6 is 0 Å². The van der Waals surface area contributed by atoms with Crippen molar-refractivity contribution in [3.8, 4) is 0 Å². The van der Waals surface area contributed by atoms with Crippen molar-refractivity contribution < 1.29 is 14.8 Å². The minimum absolute atomic E-state index is 0.0854. The van der Waals surface area contributed by atoms with Gasteiger partial charge >= 0.3 is 11.8 Å². The van der Waals surface area contributed by atoms with Crippen molar-refractivity contribution in [2.45, 2.75) is 13.3 Å². The number of hydrogen-bond acceptors (Lipinski definition) is 5. The molecule has 8 nitrogen and oxygen atoms in total. The Hall–Kier alpha value is -2.12. The predicted octanol–water partition coefficient (Wildman–Crippen LogP) is 0.548. The lowest BCUT2D eigenvalue weighted by Crippen LogP contribution is -2.24. The Kier molecular flexibility index (Phi) is 3.66. The average molecular weight is 242 g/mol. The molecule has 1 heterocycles. The highest BCUT2D eigenvalue weighted by Crippen LogP contribution is 2.26. The van der Waals surface area contributed by atoms with Gasteiger partial charge in [0.15, 0.2) is 0 Å². The molecule has 8 heteroatoms. The van der Waals surface area contributed by atoms with Gasteiger partial charge in [-0.05, 0) is 9.91 Å². The lowest BCUT2D eigenvalue weighted by atomic mass is 10.4. The summed E-state index contributed by atoms with van der Waals surface area (Å²) in [4.78, 5) is 26.1. The summed E-state index contributed by atoms with van der Waals surface area (Å²) in [6, 6.07) is 0. The van der Waals surface area contributed by atoms with Gasteiger partial charge in [-0.25, -0.2) is 0 Å². The molecule has 0 aliphatic rings. The van der Waals surface area contributed by atoms with Crippen molar-refractivity contribution in [2.75, 3.05) is 18.5 Å². The molecule has 1 aromatic heterocycles. The molecule has 0 saturated heterocycles. The van der Waals surface area contributed by atoms with E-state index in [0.717, 1.165) is 0 Å². The summed E-state index contributed by atoms with van der Waals surface area (Å²) in [5.41, 5.74) is 0. The third-order valence-corrected chi connectivity index (χ3v) is 2.47. The Morgan fingerprint density at radius 1 is 1.65 bits per heavy atom. The lowest BCUT2D eigenvalue weighted by molar-refractivity contribution is -0.388. The van der Waals surface area contributed by atoms with Crippen LogP contribution in [0.15, 0.2) is 0 Å². The maximum atomic E-state index is 10.8. The monoisotopic (exact) mass is 242 g/mol. The van der Waals surface area contributed by atoms with Crippen LogP contribution < -0.4 is 4.90 Å². The average Bonchev–Trinajstić information content (AvgIpc) is 2.52. The van der Waals surface area contributed by atoms with Crippen LogP contribution in [-0.4, -0.2) is 39.1 Å². The maximum absolute atomic E-state index is 10.8. The summed E-state index contributed by atoms with van der Waals surface area (Å²) in [5, 5.41) is 19.4. The molecular formula is C9H14N4O4. The zero-order valence-corrected chi connectivity index (χ0v) is 9.88. The molecule has 0 bridgehead atoms. The number of anilines is 1. The molecule has 0 aliphatic heterocycles. The number of carboxylic acids is 1. The number of aryl methyl sites for hydroxylation is 1. The van der Waals surface area contributed by atoms with E-state index >= 15 is 0 Å². The van der Waals surface area contributed by atoms with Gasteiger partial charge in [0.2, 0.25) is 11.6 Å². The zero-order valence-electron chi connectivity index (χ0n) is 9.88. The van der Waals surface area contributed by atoms with Gasteiger partial charge in [-0.1, -0.05) is 0 Å². The van der Waals surface area contributed by atoms with E-state index in [1.54, 1.807) is 25.6 Å². The van der Waals surface area contributed by atoms with E-state index in [-0.39, 0.29) is 18.8 Å². The van der Waals surface area contributed by atoms with Gasteiger partial charge in [-0.2, -0.15) is 0 Å². The molecule has 1 aromatic rings. The fourth-order valence-electron chi connectivity index (χ4n) is 1.50. The van der Waals surface area contributed by atoms with Gasteiger partial charge in [0.1, 0.15) is 0 Å². The van der Waals surface area contributed by atoms with E-state index in [4.69, 9.17) is 5.11 Å². The quantitative estimate of drug-likeness (QED) is 0.597. The largest absolute Gasteiger partial charge is 0.481 e. The Morgan fingerprint density at radius 2 is 2.24 bits per heavy atom. The van der Waals surface area contributed by atoms with Gasteiger partial charge < -0.3 is 20.1 Å². The van der Waals surface area contributed by atoms with Gasteiger partial charge in [0.05, 0.1) is 6.42 Å². The van der Waals surface area contributed by atoms with Crippen molar-refractivity contribution in [1.29, 1.82) is 0 Å². The SMILES string of the molecule is Cc1nc([N+](=O)[O-])c(N(C)CCC(=O)O)n1C. The third kappa shape index (κ3) is 2.71. The molecule has 0 radical (unpaired) electrons. The standard InChI is InChI=1S/C9H14N4O4/c1-6-10-8(13(16)17)9(12(6)3)11(2)5-4-7(14)15/h4-5H2,1-3H3,(H,14,15). The molecule has 0 unspecified atom stereocenters. The molecule has 0 aromatic carbocycles. The minimum Gasteiger partial charge on any atom is -0.481 e. The highest BCUT2D eigenvalue weighted by atomic mass is 16.6. The molecule has 0 spiro atoms. The van der Waals surface area contributed by atoms with Crippen LogP contribution in [-0.2, 0) is 11.8 Å². The van der Waals surface area contributed by atoms with E-state index in [0.29, 0.717) is 11.6 Å². The summed E-state index contributed by atoms with van der Waals surface area (Å²) in [6.45, 7) is 1.84. The van der Waals surface area contributed by atoms with E-state index in [2.05, 4.69) is 4.98 Å². The van der Waals surface area contributed by atoms with E-state index in [1.807, 2.05) is 0 Å². The smallest absolute Gasteiger partial charge is 0.406 e. The molecule has 0 fully saturated rings. The van der Waals surface area contributed by atoms with Crippen LogP contribution in [0.25, 0.3) is 0 Å². The second-order valence-electron chi connectivity index (χ2n) is 3.69. The zero-order chi connectivity index (χ0) is 13.2. The molecule has 0 saturated carbocycles. The second kappa shape index (κ2) is 4.81. The van der Waals surface area contributed by atoms with Crippen LogP contribution in [0.1, 0.15) is 12.2 Å². The van der Waals surface area contributed by atoms with Crippen LogP contribution in [0.5, 0.6) is 0 Å². The molecule has 94 valence electrons. The Bertz CT molecular complexity index is 454. The first kappa shape index (κ1) is 12.9. The summed E-state index contributed by atoms with van der Waals surface area (Å²) < 4.78 is 1.57. The topological polar surface area (TPSA) is 102 Å². The van der Waals surface area contributed by atoms with Crippen LogP contribution in [0.3, 0.4) is 0 Å². The molecule has 0 atom stereocenters. The lowest BCUT2D eigenvalue weighted by Gasteiger charge is -2.17. The van der Waals surface area contributed by atoms with Crippen LogP contribution in [0.4, 0.5) is 11.6 Å². The first-order valence-electron chi connectivity index (χ1n) is 4.95. The second-order valence-corrected chi connectivity index (χ2v) is 3.69. The van der Waals surface area contributed by atoms with Crippen molar-refractivity contribution in [1.82, 2.24) is 9.55 Å². The van der Waals surface area contributed by atoms with Crippen molar-refractivity contribution in [2.24, 2.45) is 7.05 Å². The fourth-order valence-corrected chi connectivity index (χ4v) is 1.50. The third-order valence-electron chi connectivity index (χ3n) is 2.47. The number of nitro groups is 1. The summed E-state index contributed by atoms with van der Waals surface area (Å²) >= 11 is 0. The highest BCUT2D eigenvalue weighted by molar-refractivity contribution is 5.68. The van der Waals surface area contributed by atoms with E-state index in [9.17, 15) is 14.9 Å². The van der Waals surface area contributed by atoms with Gasteiger partial charge in [0.25, 0.3) is 0 Å². The maximum Gasteiger partial charge on any atom is 0.406 e. The Morgan fingerprint density at radius 3 is 2.71 bits per heavy atom. The Labute approximate surface area is 97.6 Å². The number of aliphatic carboxylic acids is 1. The normalized spacial score (nSPS) is 10.3. The number of aromatic nitrogens is 2. The van der Waals surface area contributed by atoms with Gasteiger partial charge in [0, 0.05) is 27.6 Å². The minimum atomic E-state index is -0.946. The molecule has 17 heavy (non-hydrogen) atoms.